The molecule has 1 aliphatic rings. The predicted octanol–water partition coefficient (Wildman–Crippen LogP) is 1.19. The summed E-state index contributed by atoms with van der Waals surface area (Å²) in [6.45, 7) is 3.62. The first-order valence-corrected chi connectivity index (χ1v) is 9.82. The molecule has 1 aliphatic carbocycles. The Hall–Kier alpha value is -0.820. The van der Waals surface area contributed by atoms with E-state index in [0.717, 1.165) is 32.2 Å². The maximum Gasteiger partial charge on any atom is 0.208 e. The van der Waals surface area contributed by atoms with Gasteiger partial charge in [0.15, 0.2) is 5.96 Å². The molecule has 0 aliphatic heterocycles. The van der Waals surface area contributed by atoms with Crippen LogP contribution in [0.5, 0.6) is 0 Å². The second kappa shape index (κ2) is 9.25. The zero-order valence-electron chi connectivity index (χ0n) is 13.3. The molecule has 7 heteroatoms. The molecule has 0 heterocycles. The fraction of sp³-hybridized carbons (Fsp3) is 0.929. The Morgan fingerprint density at radius 3 is 2.71 bits per heavy atom. The summed E-state index contributed by atoms with van der Waals surface area (Å²) < 4.78 is 25.3. The van der Waals surface area contributed by atoms with Gasteiger partial charge >= 0.3 is 0 Å². The molecule has 2 unspecified atom stereocenters. The maximum absolute atomic E-state index is 11.3. The molecule has 0 spiro atoms. The summed E-state index contributed by atoms with van der Waals surface area (Å²) in [6, 6.07) is 0.00102. The minimum Gasteiger partial charge on any atom is -0.370 e. The lowest BCUT2D eigenvalue weighted by Crippen LogP contribution is -2.38. The number of nitrogens with one attached hydrogen (secondary N) is 2. The monoisotopic (exact) mass is 318 g/mol. The third-order valence-corrected chi connectivity index (χ3v) is 4.59. The minimum absolute atomic E-state index is 0.00102. The summed E-state index contributed by atoms with van der Waals surface area (Å²) >= 11 is 0. The Kier molecular flexibility index (Phi) is 8.03. The summed E-state index contributed by atoms with van der Waals surface area (Å²) in [5.74, 6) is 0.719. The molecule has 1 saturated carbocycles. The highest BCUT2D eigenvalue weighted by Gasteiger charge is 2.29. The van der Waals surface area contributed by atoms with Crippen molar-refractivity contribution in [2.24, 2.45) is 16.6 Å². The number of aliphatic imine (C=N–C) groups is 1. The highest BCUT2D eigenvalue weighted by Crippen LogP contribution is 2.26. The van der Waals surface area contributed by atoms with Crippen molar-refractivity contribution in [2.75, 3.05) is 19.3 Å². The average molecular weight is 318 g/mol. The standard InChI is InChI=1S/C14H30N4O2S/c1-3-4-5-6-10-16-14(15)17-11-12-8-7-9-13(12)18-21(2,19)20/h12-13,18H,3-11H2,1-2H3,(H3,15,16,17). The molecule has 0 amide bonds. The average Bonchev–Trinajstić information content (AvgIpc) is 2.81. The molecular weight excluding hydrogens is 288 g/mol. The molecule has 1 rings (SSSR count). The van der Waals surface area contributed by atoms with Gasteiger partial charge in [-0.1, -0.05) is 32.6 Å². The molecule has 6 nitrogen and oxygen atoms in total. The van der Waals surface area contributed by atoms with E-state index in [4.69, 9.17) is 5.73 Å². The number of sulfonamides is 1. The molecule has 0 saturated heterocycles. The lowest BCUT2D eigenvalue weighted by atomic mass is 10.1. The summed E-state index contributed by atoms with van der Waals surface area (Å²) in [6.07, 6.45) is 8.92. The van der Waals surface area contributed by atoms with E-state index in [2.05, 4.69) is 22.0 Å². The van der Waals surface area contributed by atoms with E-state index in [9.17, 15) is 8.42 Å². The van der Waals surface area contributed by atoms with Crippen LogP contribution in [0.4, 0.5) is 0 Å². The van der Waals surface area contributed by atoms with Crippen LogP contribution in [0.1, 0.15) is 51.9 Å². The molecule has 0 aromatic heterocycles. The van der Waals surface area contributed by atoms with Crippen molar-refractivity contribution in [1.82, 2.24) is 10.0 Å². The van der Waals surface area contributed by atoms with E-state index in [1.54, 1.807) is 0 Å². The highest BCUT2D eigenvalue weighted by atomic mass is 32.2. The van der Waals surface area contributed by atoms with Crippen LogP contribution in [0.2, 0.25) is 0 Å². The van der Waals surface area contributed by atoms with Gasteiger partial charge < -0.3 is 11.1 Å². The zero-order chi connectivity index (χ0) is 15.7. The van der Waals surface area contributed by atoms with Crippen molar-refractivity contribution in [3.8, 4) is 0 Å². The van der Waals surface area contributed by atoms with Crippen molar-refractivity contribution in [2.45, 2.75) is 57.9 Å². The minimum atomic E-state index is -3.15. The first kappa shape index (κ1) is 18.2. The number of rotatable bonds is 9. The van der Waals surface area contributed by atoms with E-state index in [0.29, 0.717) is 12.5 Å². The molecule has 0 aromatic rings. The molecule has 2 atom stereocenters. The van der Waals surface area contributed by atoms with Gasteiger partial charge in [0, 0.05) is 19.1 Å². The van der Waals surface area contributed by atoms with Gasteiger partial charge in [-0.05, 0) is 25.2 Å². The molecule has 21 heavy (non-hydrogen) atoms. The number of nitrogens with zero attached hydrogens (tertiary/aromatic N) is 1. The van der Waals surface area contributed by atoms with Gasteiger partial charge in [0.1, 0.15) is 0 Å². The van der Waals surface area contributed by atoms with Crippen molar-refractivity contribution in [3.05, 3.63) is 0 Å². The van der Waals surface area contributed by atoms with Gasteiger partial charge in [0.25, 0.3) is 0 Å². The van der Waals surface area contributed by atoms with Crippen LogP contribution >= 0.6 is 0 Å². The van der Waals surface area contributed by atoms with Crippen molar-refractivity contribution >= 4 is 16.0 Å². The van der Waals surface area contributed by atoms with Crippen LogP contribution in [-0.4, -0.2) is 39.8 Å². The topological polar surface area (TPSA) is 96.6 Å². The lowest BCUT2D eigenvalue weighted by Gasteiger charge is -2.18. The number of hydrogen-bond donors (Lipinski definition) is 3. The Balaban J connectivity index is 2.29. The van der Waals surface area contributed by atoms with Gasteiger partial charge in [-0.3, -0.25) is 4.99 Å². The Bertz CT molecular complexity index is 423. The Morgan fingerprint density at radius 1 is 1.29 bits per heavy atom. The summed E-state index contributed by atoms with van der Waals surface area (Å²) in [7, 11) is -3.15. The summed E-state index contributed by atoms with van der Waals surface area (Å²) in [4.78, 5) is 4.35. The number of hydrogen-bond acceptors (Lipinski definition) is 3. The molecule has 0 aromatic carbocycles. The molecule has 4 N–H and O–H groups in total. The molecule has 1 fully saturated rings. The quantitative estimate of drug-likeness (QED) is 0.338. The van der Waals surface area contributed by atoms with Crippen LogP contribution in [0.15, 0.2) is 4.99 Å². The van der Waals surface area contributed by atoms with E-state index in [-0.39, 0.29) is 12.0 Å². The molecule has 0 radical (unpaired) electrons. The molecule has 124 valence electrons. The number of nitrogens with two attached hydrogens (primary N) is 1. The van der Waals surface area contributed by atoms with E-state index >= 15 is 0 Å². The van der Waals surface area contributed by atoms with E-state index in [1.165, 1.54) is 25.5 Å². The van der Waals surface area contributed by atoms with Gasteiger partial charge in [-0.15, -0.1) is 0 Å². The third-order valence-electron chi connectivity index (χ3n) is 3.86. The molecular formula is C14H30N4O2S. The van der Waals surface area contributed by atoms with Crippen LogP contribution < -0.4 is 15.8 Å². The highest BCUT2D eigenvalue weighted by molar-refractivity contribution is 7.88. The van der Waals surface area contributed by atoms with Crippen molar-refractivity contribution in [3.63, 3.8) is 0 Å². The number of guanidine groups is 1. The van der Waals surface area contributed by atoms with Gasteiger partial charge in [-0.2, -0.15) is 0 Å². The SMILES string of the molecule is CCCCCCNC(N)=NCC1CCCC1NS(C)(=O)=O. The Morgan fingerprint density at radius 2 is 2.05 bits per heavy atom. The first-order valence-electron chi connectivity index (χ1n) is 7.93. The van der Waals surface area contributed by atoms with Crippen molar-refractivity contribution < 1.29 is 8.42 Å². The van der Waals surface area contributed by atoms with Crippen molar-refractivity contribution in [1.29, 1.82) is 0 Å². The second-order valence-electron chi connectivity index (χ2n) is 5.90. The largest absolute Gasteiger partial charge is 0.370 e. The van der Waals surface area contributed by atoms with Crippen LogP contribution in [-0.2, 0) is 10.0 Å². The normalized spacial score (nSPS) is 23.4. The summed E-state index contributed by atoms with van der Waals surface area (Å²) in [5.41, 5.74) is 5.84. The second-order valence-corrected chi connectivity index (χ2v) is 7.68. The van der Waals surface area contributed by atoms with Crippen LogP contribution in [0, 0.1) is 5.92 Å². The van der Waals surface area contributed by atoms with E-state index < -0.39 is 10.0 Å². The maximum atomic E-state index is 11.3. The fourth-order valence-electron chi connectivity index (χ4n) is 2.73. The third kappa shape index (κ3) is 8.26. The first-order chi connectivity index (χ1) is 9.92. The van der Waals surface area contributed by atoms with Gasteiger partial charge in [0.2, 0.25) is 10.0 Å². The van der Waals surface area contributed by atoms with Crippen LogP contribution in [0.3, 0.4) is 0 Å². The van der Waals surface area contributed by atoms with Crippen LogP contribution in [0.25, 0.3) is 0 Å². The molecule has 0 bridgehead atoms. The van der Waals surface area contributed by atoms with Gasteiger partial charge in [-0.25, -0.2) is 13.1 Å². The zero-order valence-corrected chi connectivity index (χ0v) is 14.1. The van der Waals surface area contributed by atoms with Gasteiger partial charge in [0.05, 0.1) is 6.26 Å². The predicted molar refractivity (Wildman–Crippen MR) is 87.7 cm³/mol. The smallest absolute Gasteiger partial charge is 0.208 e. The number of unbranched alkanes of at least 4 members (excludes halogenated alkanes) is 3. The Labute approximate surface area is 129 Å². The van der Waals surface area contributed by atoms with E-state index in [1.807, 2.05) is 0 Å². The fourth-order valence-corrected chi connectivity index (χ4v) is 3.59. The lowest BCUT2D eigenvalue weighted by molar-refractivity contribution is 0.454. The summed E-state index contributed by atoms with van der Waals surface area (Å²) in [5, 5.41) is 3.12.